The van der Waals surface area contributed by atoms with Crippen LogP contribution >= 0.6 is 0 Å². The molecule has 0 saturated carbocycles. The van der Waals surface area contributed by atoms with E-state index >= 15 is 0 Å². The minimum atomic E-state index is -4.37. The second-order valence-electron chi connectivity index (χ2n) is 3.45. The SMILES string of the molecule is CCN(CC(=O)O)c1ccc(C(F)(F)F)cc1. The normalized spacial score (nSPS) is 11.3. The molecule has 1 aromatic rings. The fourth-order valence-electron chi connectivity index (χ4n) is 1.41. The first-order valence-corrected chi connectivity index (χ1v) is 4.98. The molecule has 0 fully saturated rings. The molecule has 0 aromatic heterocycles. The summed E-state index contributed by atoms with van der Waals surface area (Å²) in [6.07, 6.45) is -4.37. The van der Waals surface area contributed by atoms with Gasteiger partial charge in [-0.1, -0.05) is 0 Å². The monoisotopic (exact) mass is 247 g/mol. The van der Waals surface area contributed by atoms with Crippen LogP contribution in [0, 0.1) is 0 Å². The summed E-state index contributed by atoms with van der Waals surface area (Å²) in [6, 6.07) is 4.43. The average Bonchev–Trinajstić information content (AvgIpc) is 2.24. The van der Waals surface area contributed by atoms with E-state index in [0.717, 1.165) is 12.1 Å². The number of halogens is 3. The number of carboxylic acid groups (broad SMARTS) is 1. The van der Waals surface area contributed by atoms with Crippen LogP contribution in [0.2, 0.25) is 0 Å². The highest BCUT2D eigenvalue weighted by Gasteiger charge is 2.30. The fraction of sp³-hybridized carbons (Fsp3) is 0.364. The molecule has 0 bridgehead atoms. The maximum absolute atomic E-state index is 12.3. The van der Waals surface area contributed by atoms with Gasteiger partial charge in [-0.3, -0.25) is 4.79 Å². The van der Waals surface area contributed by atoms with Crippen molar-refractivity contribution in [1.29, 1.82) is 0 Å². The third-order valence-electron chi connectivity index (χ3n) is 2.27. The van der Waals surface area contributed by atoms with Gasteiger partial charge in [-0.25, -0.2) is 0 Å². The minimum absolute atomic E-state index is 0.234. The van der Waals surface area contributed by atoms with Gasteiger partial charge in [-0.15, -0.1) is 0 Å². The number of carboxylic acids is 1. The van der Waals surface area contributed by atoms with Crippen molar-refractivity contribution < 1.29 is 23.1 Å². The van der Waals surface area contributed by atoms with Crippen molar-refractivity contribution in [2.24, 2.45) is 0 Å². The summed E-state index contributed by atoms with van der Waals surface area (Å²) in [4.78, 5) is 12.0. The van der Waals surface area contributed by atoms with E-state index in [1.54, 1.807) is 6.92 Å². The molecule has 1 N–H and O–H groups in total. The molecule has 6 heteroatoms. The molecule has 0 radical (unpaired) electrons. The van der Waals surface area contributed by atoms with Gasteiger partial charge in [0.15, 0.2) is 0 Å². The molecule has 0 spiro atoms. The zero-order chi connectivity index (χ0) is 13.1. The van der Waals surface area contributed by atoms with Gasteiger partial charge in [0, 0.05) is 12.2 Å². The second kappa shape index (κ2) is 5.07. The highest BCUT2D eigenvalue weighted by atomic mass is 19.4. The Morgan fingerprint density at radius 3 is 2.18 bits per heavy atom. The third-order valence-corrected chi connectivity index (χ3v) is 2.27. The van der Waals surface area contributed by atoms with Crippen LogP contribution in [0.1, 0.15) is 12.5 Å². The third kappa shape index (κ3) is 3.65. The lowest BCUT2D eigenvalue weighted by molar-refractivity contribution is -0.138. The Labute approximate surface area is 96.5 Å². The van der Waals surface area contributed by atoms with Gasteiger partial charge in [0.25, 0.3) is 0 Å². The van der Waals surface area contributed by atoms with E-state index in [-0.39, 0.29) is 6.54 Å². The molecule has 17 heavy (non-hydrogen) atoms. The van der Waals surface area contributed by atoms with Gasteiger partial charge in [0.1, 0.15) is 6.54 Å². The Kier molecular flexibility index (Phi) is 3.98. The number of nitrogens with zero attached hydrogens (tertiary/aromatic N) is 1. The van der Waals surface area contributed by atoms with Crippen LogP contribution in [0.25, 0.3) is 0 Å². The number of carbonyl (C=O) groups is 1. The van der Waals surface area contributed by atoms with Crippen LogP contribution in [-0.4, -0.2) is 24.2 Å². The quantitative estimate of drug-likeness (QED) is 0.889. The largest absolute Gasteiger partial charge is 0.480 e. The van der Waals surface area contributed by atoms with Gasteiger partial charge >= 0.3 is 12.1 Å². The number of alkyl halides is 3. The Bertz CT molecular complexity index is 387. The molecule has 0 unspecified atom stereocenters. The lowest BCUT2D eigenvalue weighted by atomic mass is 10.2. The number of anilines is 1. The van der Waals surface area contributed by atoms with E-state index < -0.39 is 17.7 Å². The first-order chi connectivity index (χ1) is 7.84. The minimum Gasteiger partial charge on any atom is -0.480 e. The molecule has 0 aliphatic heterocycles. The van der Waals surface area contributed by atoms with Crippen LogP contribution in [-0.2, 0) is 11.0 Å². The zero-order valence-electron chi connectivity index (χ0n) is 9.16. The van der Waals surface area contributed by atoms with Crippen molar-refractivity contribution in [3.05, 3.63) is 29.8 Å². The number of hydrogen-bond donors (Lipinski definition) is 1. The molecule has 1 aromatic carbocycles. The summed E-state index contributed by atoms with van der Waals surface area (Å²) < 4.78 is 36.9. The number of hydrogen-bond acceptors (Lipinski definition) is 2. The summed E-state index contributed by atoms with van der Waals surface area (Å²) in [5.41, 5.74) is -0.282. The molecule has 0 atom stereocenters. The van der Waals surface area contributed by atoms with Crippen LogP contribution in [0.5, 0.6) is 0 Å². The van der Waals surface area contributed by atoms with Crippen LogP contribution in [0.3, 0.4) is 0 Å². The molecule has 0 aliphatic carbocycles. The first-order valence-electron chi connectivity index (χ1n) is 4.98. The summed E-state index contributed by atoms with van der Waals surface area (Å²) in [5, 5.41) is 8.64. The van der Waals surface area contributed by atoms with E-state index in [4.69, 9.17) is 5.11 Å². The number of benzene rings is 1. The first kappa shape index (κ1) is 13.3. The van der Waals surface area contributed by atoms with Crippen LogP contribution in [0.4, 0.5) is 18.9 Å². The molecular formula is C11H12F3NO2. The highest BCUT2D eigenvalue weighted by molar-refractivity contribution is 5.73. The molecule has 0 heterocycles. The Morgan fingerprint density at radius 2 is 1.82 bits per heavy atom. The van der Waals surface area contributed by atoms with E-state index in [2.05, 4.69) is 0 Å². The van der Waals surface area contributed by atoms with E-state index in [1.165, 1.54) is 17.0 Å². The topological polar surface area (TPSA) is 40.5 Å². The van der Waals surface area contributed by atoms with Crippen molar-refractivity contribution in [3.63, 3.8) is 0 Å². The van der Waals surface area contributed by atoms with Crippen molar-refractivity contribution in [1.82, 2.24) is 0 Å². The van der Waals surface area contributed by atoms with Crippen molar-refractivity contribution in [3.8, 4) is 0 Å². The molecule has 3 nitrogen and oxygen atoms in total. The van der Waals surface area contributed by atoms with Gasteiger partial charge < -0.3 is 10.0 Å². The Morgan fingerprint density at radius 1 is 1.29 bits per heavy atom. The highest BCUT2D eigenvalue weighted by Crippen LogP contribution is 2.30. The molecule has 0 saturated heterocycles. The Balaban J connectivity index is 2.89. The molecule has 94 valence electrons. The number of rotatable bonds is 4. The predicted molar refractivity (Wildman–Crippen MR) is 57.0 cm³/mol. The van der Waals surface area contributed by atoms with Crippen LogP contribution < -0.4 is 4.90 Å². The van der Waals surface area contributed by atoms with Crippen molar-refractivity contribution in [2.45, 2.75) is 13.1 Å². The molecule has 1 rings (SSSR count). The lowest BCUT2D eigenvalue weighted by Crippen LogP contribution is -2.29. The van der Waals surface area contributed by atoms with Crippen LogP contribution in [0.15, 0.2) is 24.3 Å². The van der Waals surface area contributed by atoms with Crippen molar-refractivity contribution in [2.75, 3.05) is 18.0 Å². The summed E-state index contributed by atoms with van der Waals surface area (Å²) in [7, 11) is 0. The fourth-order valence-corrected chi connectivity index (χ4v) is 1.41. The number of aliphatic carboxylic acids is 1. The second-order valence-corrected chi connectivity index (χ2v) is 3.45. The molecular weight excluding hydrogens is 235 g/mol. The zero-order valence-corrected chi connectivity index (χ0v) is 9.16. The summed E-state index contributed by atoms with van der Waals surface area (Å²) in [6.45, 7) is 1.92. The van der Waals surface area contributed by atoms with Gasteiger partial charge in [0.05, 0.1) is 5.56 Å². The average molecular weight is 247 g/mol. The summed E-state index contributed by atoms with van der Waals surface area (Å²) in [5.74, 6) is -1.02. The van der Waals surface area contributed by atoms with E-state index in [0.29, 0.717) is 12.2 Å². The van der Waals surface area contributed by atoms with Gasteiger partial charge in [-0.05, 0) is 31.2 Å². The lowest BCUT2D eigenvalue weighted by Gasteiger charge is -2.21. The molecule has 0 aliphatic rings. The number of likely N-dealkylation sites (N-methyl/N-ethyl adjacent to an activating group) is 1. The smallest absolute Gasteiger partial charge is 0.416 e. The van der Waals surface area contributed by atoms with E-state index in [9.17, 15) is 18.0 Å². The maximum atomic E-state index is 12.3. The van der Waals surface area contributed by atoms with E-state index in [1.807, 2.05) is 0 Å². The Hall–Kier alpha value is -1.72. The summed E-state index contributed by atoms with van der Waals surface area (Å²) >= 11 is 0. The maximum Gasteiger partial charge on any atom is 0.416 e. The van der Waals surface area contributed by atoms with Gasteiger partial charge in [-0.2, -0.15) is 13.2 Å². The van der Waals surface area contributed by atoms with Gasteiger partial charge in [0.2, 0.25) is 0 Å². The standard InChI is InChI=1S/C11H12F3NO2/c1-2-15(7-10(16)17)9-5-3-8(4-6-9)11(12,13)14/h3-6H,2,7H2,1H3,(H,16,17). The molecule has 0 amide bonds. The van der Waals surface area contributed by atoms with Crippen molar-refractivity contribution >= 4 is 11.7 Å². The predicted octanol–water partition coefficient (Wildman–Crippen LogP) is 2.62.